The summed E-state index contributed by atoms with van der Waals surface area (Å²) >= 11 is 0. The molecule has 1 saturated heterocycles. The Hall–Kier alpha value is -1.32. The van der Waals surface area contributed by atoms with E-state index in [1.807, 2.05) is 0 Å². The molecule has 102 valence electrons. The number of piperidine rings is 1. The van der Waals surface area contributed by atoms with E-state index in [1.165, 1.54) is 42.4 Å². The number of aromatic nitrogens is 1. The van der Waals surface area contributed by atoms with Crippen LogP contribution in [0.25, 0.3) is 10.9 Å². The summed E-state index contributed by atoms with van der Waals surface area (Å²) in [7, 11) is 0. The first-order valence-electron chi connectivity index (χ1n) is 7.28. The van der Waals surface area contributed by atoms with Crippen molar-refractivity contribution in [2.45, 2.75) is 31.7 Å². The van der Waals surface area contributed by atoms with E-state index in [-0.39, 0.29) is 6.04 Å². The van der Waals surface area contributed by atoms with E-state index in [2.05, 4.69) is 47.3 Å². The van der Waals surface area contributed by atoms with Crippen LogP contribution in [0, 0.1) is 0 Å². The number of nitrogens with zero attached hydrogens (tertiary/aromatic N) is 1. The number of nitrogens with one attached hydrogen (secondary N) is 1. The molecule has 0 saturated carbocycles. The summed E-state index contributed by atoms with van der Waals surface area (Å²) in [6.45, 7) is 5.46. The second kappa shape index (κ2) is 5.35. The van der Waals surface area contributed by atoms with Crippen LogP contribution in [0.2, 0.25) is 0 Å². The number of rotatable bonds is 3. The lowest BCUT2D eigenvalue weighted by Crippen LogP contribution is -2.40. The van der Waals surface area contributed by atoms with Gasteiger partial charge in [-0.1, -0.05) is 18.2 Å². The van der Waals surface area contributed by atoms with Crippen LogP contribution in [-0.2, 0) is 0 Å². The predicted octanol–water partition coefficient (Wildman–Crippen LogP) is 2.69. The average Bonchev–Trinajstić information content (AvgIpc) is 2.83. The Balaban J connectivity index is 1.71. The fourth-order valence-corrected chi connectivity index (χ4v) is 3.27. The number of hydrogen-bond acceptors (Lipinski definition) is 2. The van der Waals surface area contributed by atoms with E-state index in [1.54, 1.807) is 0 Å². The Morgan fingerprint density at radius 1 is 1.32 bits per heavy atom. The van der Waals surface area contributed by atoms with E-state index in [9.17, 15) is 0 Å². The van der Waals surface area contributed by atoms with Crippen molar-refractivity contribution in [3.63, 3.8) is 0 Å². The van der Waals surface area contributed by atoms with Crippen LogP contribution < -0.4 is 5.73 Å². The van der Waals surface area contributed by atoms with Crippen molar-refractivity contribution < 1.29 is 0 Å². The average molecular weight is 257 g/mol. The molecule has 1 aliphatic heterocycles. The van der Waals surface area contributed by atoms with E-state index < -0.39 is 0 Å². The number of hydrogen-bond donors (Lipinski definition) is 2. The van der Waals surface area contributed by atoms with Crippen LogP contribution >= 0.6 is 0 Å². The number of aromatic amines is 1. The minimum atomic E-state index is 0.282. The van der Waals surface area contributed by atoms with Crippen molar-refractivity contribution in [3.8, 4) is 0 Å². The molecule has 3 nitrogen and oxygen atoms in total. The van der Waals surface area contributed by atoms with Gasteiger partial charge in [0.05, 0.1) is 0 Å². The summed E-state index contributed by atoms with van der Waals surface area (Å²) < 4.78 is 0. The third-order valence-corrected chi connectivity index (χ3v) is 4.19. The lowest BCUT2D eigenvalue weighted by molar-refractivity contribution is 0.204. The largest absolute Gasteiger partial charge is 0.361 e. The number of H-pyrrole nitrogens is 1. The zero-order valence-corrected chi connectivity index (χ0v) is 11.6. The predicted molar refractivity (Wildman–Crippen MR) is 80.4 cm³/mol. The molecule has 1 aliphatic rings. The fourth-order valence-electron chi connectivity index (χ4n) is 3.27. The van der Waals surface area contributed by atoms with Gasteiger partial charge >= 0.3 is 0 Å². The van der Waals surface area contributed by atoms with Crippen molar-refractivity contribution >= 4 is 10.9 Å². The molecule has 0 radical (unpaired) electrons. The van der Waals surface area contributed by atoms with Crippen LogP contribution in [-0.4, -0.2) is 35.6 Å². The van der Waals surface area contributed by atoms with Gasteiger partial charge in [-0.05, 0) is 50.4 Å². The third-order valence-electron chi connectivity index (χ3n) is 4.19. The molecule has 19 heavy (non-hydrogen) atoms. The van der Waals surface area contributed by atoms with Crippen molar-refractivity contribution in [2.75, 3.05) is 19.6 Å². The molecule has 0 bridgehead atoms. The van der Waals surface area contributed by atoms with Crippen LogP contribution in [0.15, 0.2) is 30.5 Å². The molecular weight excluding hydrogens is 234 g/mol. The second-order valence-electron chi connectivity index (χ2n) is 5.84. The zero-order valence-electron chi connectivity index (χ0n) is 11.6. The first-order chi connectivity index (χ1) is 9.24. The summed E-state index contributed by atoms with van der Waals surface area (Å²) in [5, 5.41) is 1.40. The number of fused-ring (bicyclic) bond motifs is 1. The van der Waals surface area contributed by atoms with Crippen molar-refractivity contribution in [2.24, 2.45) is 5.73 Å². The lowest BCUT2D eigenvalue weighted by atomic mass is 9.89. The molecule has 1 atom stereocenters. The maximum absolute atomic E-state index is 5.88. The van der Waals surface area contributed by atoms with Gasteiger partial charge in [0.25, 0.3) is 0 Å². The van der Waals surface area contributed by atoms with Gasteiger partial charge in [-0.3, -0.25) is 0 Å². The Bertz CT molecular complexity index is 536. The summed E-state index contributed by atoms with van der Waals surface area (Å²) in [5.74, 6) is 0.695. The number of para-hydroxylation sites is 1. The molecule has 2 aromatic rings. The Labute approximate surface area is 114 Å². The van der Waals surface area contributed by atoms with Crippen molar-refractivity contribution in [1.29, 1.82) is 0 Å². The molecule has 1 unspecified atom stereocenters. The van der Waals surface area contributed by atoms with E-state index in [4.69, 9.17) is 5.73 Å². The molecular formula is C16H23N3. The second-order valence-corrected chi connectivity index (χ2v) is 5.84. The Kier molecular flexibility index (Phi) is 3.58. The normalized spacial score (nSPS) is 19.9. The van der Waals surface area contributed by atoms with Gasteiger partial charge < -0.3 is 15.6 Å². The van der Waals surface area contributed by atoms with Crippen molar-refractivity contribution in [1.82, 2.24) is 9.88 Å². The molecule has 1 aromatic carbocycles. The first kappa shape index (κ1) is 12.7. The minimum Gasteiger partial charge on any atom is -0.361 e. The van der Waals surface area contributed by atoms with Gasteiger partial charge in [0.1, 0.15) is 0 Å². The topological polar surface area (TPSA) is 45.0 Å². The highest BCUT2D eigenvalue weighted by Crippen LogP contribution is 2.32. The fraction of sp³-hybridized carbons (Fsp3) is 0.500. The molecule has 2 heterocycles. The summed E-state index contributed by atoms with van der Waals surface area (Å²) in [4.78, 5) is 5.89. The molecule has 1 aromatic heterocycles. The third kappa shape index (κ3) is 2.67. The SMILES string of the molecule is CC(N)CN1CCC(c2c[nH]c3ccccc23)CC1. The molecule has 0 aliphatic carbocycles. The lowest BCUT2D eigenvalue weighted by Gasteiger charge is -2.32. The van der Waals surface area contributed by atoms with E-state index in [0.29, 0.717) is 5.92 Å². The van der Waals surface area contributed by atoms with Crippen LogP contribution in [0.5, 0.6) is 0 Å². The minimum absolute atomic E-state index is 0.282. The monoisotopic (exact) mass is 257 g/mol. The van der Waals surface area contributed by atoms with Crippen LogP contribution in [0.3, 0.4) is 0 Å². The first-order valence-corrected chi connectivity index (χ1v) is 7.28. The van der Waals surface area contributed by atoms with E-state index >= 15 is 0 Å². The number of benzene rings is 1. The van der Waals surface area contributed by atoms with Crippen LogP contribution in [0.1, 0.15) is 31.2 Å². The van der Waals surface area contributed by atoms with Gasteiger partial charge in [-0.15, -0.1) is 0 Å². The molecule has 3 rings (SSSR count). The zero-order chi connectivity index (χ0) is 13.2. The quantitative estimate of drug-likeness (QED) is 0.888. The summed E-state index contributed by atoms with van der Waals surface area (Å²) in [5.41, 5.74) is 8.64. The van der Waals surface area contributed by atoms with Gasteiger partial charge in [-0.2, -0.15) is 0 Å². The maximum Gasteiger partial charge on any atom is 0.0456 e. The standard InChI is InChI=1S/C16H23N3/c1-12(17)11-19-8-6-13(7-9-19)15-10-18-16-5-3-2-4-14(15)16/h2-5,10,12-13,18H,6-9,11,17H2,1H3. The molecule has 3 N–H and O–H groups in total. The van der Waals surface area contributed by atoms with Gasteiger partial charge in [0.15, 0.2) is 0 Å². The summed E-state index contributed by atoms with van der Waals surface area (Å²) in [6.07, 6.45) is 4.69. The molecule has 1 fully saturated rings. The highest BCUT2D eigenvalue weighted by Gasteiger charge is 2.22. The highest BCUT2D eigenvalue weighted by atomic mass is 15.1. The van der Waals surface area contributed by atoms with Gasteiger partial charge in [-0.25, -0.2) is 0 Å². The Morgan fingerprint density at radius 3 is 2.79 bits per heavy atom. The summed E-state index contributed by atoms with van der Waals surface area (Å²) in [6, 6.07) is 8.89. The highest BCUT2D eigenvalue weighted by molar-refractivity contribution is 5.83. The molecule has 0 spiro atoms. The van der Waals surface area contributed by atoms with Crippen LogP contribution in [0.4, 0.5) is 0 Å². The maximum atomic E-state index is 5.88. The van der Waals surface area contributed by atoms with Gasteiger partial charge in [0.2, 0.25) is 0 Å². The van der Waals surface area contributed by atoms with Gasteiger partial charge in [0, 0.05) is 29.7 Å². The molecule has 0 amide bonds. The smallest absolute Gasteiger partial charge is 0.0456 e. The van der Waals surface area contributed by atoms with Crippen molar-refractivity contribution in [3.05, 3.63) is 36.0 Å². The van der Waals surface area contributed by atoms with E-state index in [0.717, 1.165) is 6.54 Å². The molecule has 3 heteroatoms. The Morgan fingerprint density at radius 2 is 2.05 bits per heavy atom. The number of nitrogens with two attached hydrogens (primary N) is 1. The number of likely N-dealkylation sites (tertiary alicyclic amines) is 1.